The number of carbonyl (C=O) groups excluding carboxylic acids is 1. The first-order chi connectivity index (χ1) is 5.54. The Morgan fingerprint density at radius 3 is 2.92 bits per heavy atom. The van der Waals surface area contributed by atoms with Gasteiger partial charge in [-0.25, -0.2) is 0 Å². The van der Waals surface area contributed by atoms with Crippen molar-refractivity contribution in [3.63, 3.8) is 0 Å². The van der Waals surface area contributed by atoms with Gasteiger partial charge < -0.3 is 15.2 Å². The molecule has 2 atom stereocenters. The number of ether oxygens (including phenoxy) is 1. The topological polar surface area (TPSA) is 58.6 Å². The van der Waals surface area contributed by atoms with Crippen LogP contribution in [-0.4, -0.2) is 35.9 Å². The lowest BCUT2D eigenvalue weighted by atomic mass is 9.97. The van der Waals surface area contributed by atoms with Crippen molar-refractivity contribution >= 4 is 5.91 Å². The van der Waals surface area contributed by atoms with E-state index in [0.29, 0.717) is 13.0 Å². The monoisotopic (exact) mass is 173 g/mol. The number of amides is 1. The number of hydrogen-bond acceptors (Lipinski definition) is 3. The van der Waals surface area contributed by atoms with Gasteiger partial charge in [0.25, 0.3) is 0 Å². The molecule has 0 aliphatic carbocycles. The van der Waals surface area contributed by atoms with Crippen LogP contribution in [0.5, 0.6) is 0 Å². The van der Waals surface area contributed by atoms with Gasteiger partial charge in [0.1, 0.15) is 5.60 Å². The number of aliphatic hydroxyl groups is 1. The van der Waals surface area contributed by atoms with Crippen LogP contribution in [0.25, 0.3) is 0 Å². The average molecular weight is 173 g/mol. The molecule has 0 saturated carbocycles. The van der Waals surface area contributed by atoms with Crippen molar-refractivity contribution in [2.24, 2.45) is 0 Å². The Kier molecular flexibility index (Phi) is 2.69. The fourth-order valence-electron chi connectivity index (χ4n) is 1.28. The third kappa shape index (κ3) is 1.95. The molecule has 12 heavy (non-hydrogen) atoms. The van der Waals surface area contributed by atoms with E-state index in [1.54, 1.807) is 0 Å². The van der Waals surface area contributed by atoms with Gasteiger partial charge in [0.15, 0.2) is 0 Å². The first-order valence-corrected chi connectivity index (χ1v) is 4.13. The fraction of sp³-hybridized carbons (Fsp3) is 0.875. The van der Waals surface area contributed by atoms with Gasteiger partial charge in [-0.05, 0) is 6.92 Å². The lowest BCUT2D eigenvalue weighted by Gasteiger charge is -2.25. The van der Waals surface area contributed by atoms with E-state index < -0.39 is 5.60 Å². The maximum Gasteiger partial charge on any atom is 0.216 e. The van der Waals surface area contributed by atoms with E-state index in [1.807, 2.05) is 6.92 Å². The van der Waals surface area contributed by atoms with Crippen LogP contribution in [0.1, 0.15) is 20.3 Å². The minimum absolute atomic E-state index is 0.123. The third-order valence-electron chi connectivity index (χ3n) is 2.30. The summed E-state index contributed by atoms with van der Waals surface area (Å²) in [7, 11) is 0. The standard InChI is InChI=1S/C8H15NO3/c1-6-8(11,3-4-12-6)5-9-7(2)10/h6,11H,3-5H2,1-2H3,(H,9,10). The summed E-state index contributed by atoms with van der Waals surface area (Å²) < 4.78 is 5.20. The fourth-order valence-corrected chi connectivity index (χ4v) is 1.28. The van der Waals surface area contributed by atoms with E-state index in [0.717, 1.165) is 0 Å². The second-order valence-corrected chi connectivity index (χ2v) is 3.28. The highest BCUT2D eigenvalue weighted by molar-refractivity contribution is 5.72. The molecule has 1 aliphatic heterocycles. The molecular weight excluding hydrogens is 158 g/mol. The Hall–Kier alpha value is -0.610. The maximum absolute atomic E-state index is 10.6. The number of carbonyl (C=O) groups is 1. The number of nitrogens with one attached hydrogen (secondary N) is 1. The van der Waals surface area contributed by atoms with Crippen LogP contribution < -0.4 is 5.32 Å². The molecule has 70 valence electrons. The van der Waals surface area contributed by atoms with Gasteiger partial charge in [-0.15, -0.1) is 0 Å². The summed E-state index contributed by atoms with van der Waals surface area (Å²) in [5.41, 5.74) is -0.869. The lowest BCUT2D eigenvalue weighted by molar-refractivity contribution is -0.120. The van der Waals surface area contributed by atoms with Crippen molar-refractivity contribution in [3.8, 4) is 0 Å². The Morgan fingerprint density at radius 1 is 1.83 bits per heavy atom. The predicted molar refractivity (Wildman–Crippen MR) is 43.7 cm³/mol. The van der Waals surface area contributed by atoms with Gasteiger partial charge >= 0.3 is 0 Å². The Balaban J connectivity index is 2.42. The Morgan fingerprint density at radius 2 is 2.50 bits per heavy atom. The van der Waals surface area contributed by atoms with Crippen molar-refractivity contribution < 1.29 is 14.6 Å². The smallest absolute Gasteiger partial charge is 0.216 e. The van der Waals surface area contributed by atoms with Crippen molar-refractivity contribution in [2.75, 3.05) is 13.2 Å². The molecule has 0 spiro atoms. The van der Waals surface area contributed by atoms with Gasteiger partial charge in [0.05, 0.1) is 6.10 Å². The molecule has 4 heteroatoms. The number of hydrogen-bond donors (Lipinski definition) is 2. The van der Waals surface area contributed by atoms with E-state index >= 15 is 0 Å². The average Bonchev–Trinajstić information content (AvgIpc) is 2.30. The molecule has 1 rings (SSSR count). The van der Waals surface area contributed by atoms with Crippen LogP contribution in [0.3, 0.4) is 0 Å². The highest BCUT2D eigenvalue weighted by Gasteiger charge is 2.39. The SMILES string of the molecule is CC(=O)NCC1(O)CCOC1C. The summed E-state index contributed by atoms with van der Waals surface area (Å²) in [5.74, 6) is -0.123. The van der Waals surface area contributed by atoms with Crippen molar-refractivity contribution in [1.29, 1.82) is 0 Å². The van der Waals surface area contributed by atoms with Gasteiger partial charge in [0.2, 0.25) is 5.91 Å². The van der Waals surface area contributed by atoms with Crippen LogP contribution in [-0.2, 0) is 9.53 Å². The van der Waals surface area contributed by atoms with Crippen LogP contribution in [0.2, 0.25) is 0 Å². The molecule has 1 heterocycles. The summed E-state index contributed by atoms with van der Waals surface area (Å²) >= 11 is 0. The van der Waals surface area contributed by atoms with Gasteiger partial charge in [-0.1, -0.05) is 0 Å². The first kappa shape index (κ1) is 9.48. The highest BCUT2D eigenvalue weighted by atomic mass is 16.5. The zero-order chi connectivity index (χ0) is 9.19. The van der Waals surface area contributed by atoms with Gasteiger partial charge in [-0.3, -0.25) is 4.79 Å². The second kappa shape index (κ2) is 3.41. The summed E-state index contributed by atoms with van der Waals surface area (Å²) in [6.45, 7) is 4.10. The molecule has 2 N–H and O–H groups in total. The lowest BCUT2D eigenvalue weighted by Crippen LogP contribution is -2.46. The zero-order valence-corrected chi connectivity index (χ0v) is 7.46. The molecule has 1 fully saturated rings. The molecule has 1 saturated heterocycles. The predicted octanol–water partition coefficient (Wildman–Crippen LogP) is -0.338. The minimum atomic E-state index is -0.869. The molecule has 4 nitrogen and oxygen atoms in total. The Labute approximate surface area is 71.9 Å². The van der Waals surface area contributed by atoms with Gasteiger partial charge in [0, 0.05) is 26.5 Å². The molecule has 0 bridgehead atoms. The van der Waals surface area contributed by atoms with E-state index in [4.69, 9.17) is 4.74 Å². The normalized spacial score (nSPS) is 35.1. The molecule has 0 aromatic heterocycles. The number of rotatable bonds is 2. The van der Waals surface area contributed by atoms with Crippen LogP contribution >= 0.6 is 0 Å². The molecule has 2 unspecified atom stereocenters. The van der Waals surface area contributed by atoms with E-state index in [-0.39, 0.29) is 18.6 Å². The molecule has 1 amide bonds. The van der Waals surface area contributed by atoms with Crippen molar-refractivity contribution in [2.45, 2.75) is 32.0 Å². The minimum Gasteiger partial charge on any atom is -0.385 e. The van der Waals surface area contributed by atoms with Crippen molar-refractivity contribution in [1.82, 2.24) is 5.32 Å². The molecule has 0 radical (unpaired) electrons. The summed E-state index contributed by atoms with van der Waals surface area (Å²) in [6.07, 6.45) is 0.401. The quantitative estimate of drug-likeness (QED) is 0.600. The zero-order valence-electron chi connectivity index (χ0n) is 7.46. The summed E-state index contributed by atoms with van der Waals surface area (Å²) in [5, 5.41) is 12.5. The molecule has 0 aromatic carbocycles. The highest BCUT2D eigenvalue weighted by Crippen LogP contribution is 2.24. The van der Waals surface area contributed by atoms with E-state index in [9.17, 15) is 9.90 Å². The van der Waals surface area contributed by atoms with Crippen LogP contribution in [0.15, 0.2) is 0 Å². The van der Waals surface area contributed by atoms with Crippen LogP contribution in [0, 0.1) is 0 Å². The first-order valence-electron chi connectivity index (χ1n) is 4.13. The molecule has 0 aromatic rings. The van der Waals surface area contributed by atoms with Gasteiger partial charge in [-0.2, -0.15) is 0 Å². The molecular formula is C8H15NO3. The second-order valence-electron chi connectivity index (χ2n) is 3.28. The van der Waals surface area contributed by atoms with E-state index in [1.165, 1.54) is 6.92 Å². The van der Waals surface area contributed by atoms with E-state index in [2.05, 4.69) is 5.32 Å². The summed E-state index contributed by atoms with van der Waals surface area (Å²) in [4.78, 5) is 10.6. The third-order valence-corrected chi connectivity index (χ3v) is 2.30. The largest absolute Gasteiger partial charge is 0.385 e. The Bertz CT molecular complexity index is 183. The molecule has 1 aliphatic rings. The maximum atomic E-state index is 10.6. The summed E-state index contributed by atoms with van der Waals surface area (Å²) in [6, 6.07) is 0. The van der Waals surface area contributed by atoms with Crippen molar-refractivity contribution in [3.05, 3.63) is 0 Å². The van der Waals surface area contributed by atoms with Crippen LogP contribution in [0.4, 0.5) is 0 Å².